The van der Waals surface area contributed by atoms with E-state index in [1.54, 1.807) is 17.9 Å². The van der Waals surface area contributed by atoms with Crippen LogP contribution in [0.1, 0.15) is 31.7 Å². The van der Waals surface area contributed by atoms with Gasteiger partial charge in [0.15, 0.2) is 5.60 Å². The van der Waals surface area contributed by atoms with E-state index in [4.69, 9.17) is 4.74 Å². The van der Waals surface area contributed by atoms with Crippen LogP contribution in [0.3, 0.4) is 0 Å². The number of fused-ring (bicyclic) bond motifs is 2. The third-order valence-corrected chi connectivity index (χ3v) is 10.2. The molecule has 0 unspecified atom stereocenters. The fourth-order valence-corrected chi connectivity index (χ4v) is 8.80. The van der Waals surface area contributed by atoms with Gasteiger partial charge in [-0.15, -0.1) is 6.58 Å². The van der Waals surface area contributed by atoms with Gasteiger partial charge in [0.2, 0.25) is 14.3 Å². The Morgan fingerprint density at radius 2 is 2.17 bits per heavy atom. The number of hydrogen-bond acceptors (Lipinski definition) is 6. The van der Waals surface area contributed by atoms with E-state index in [1.165, 1.54) is 36.2 Å². The number of aliphatic hydroxyl groups excluding tert-OH is 1. The zero-order chi connectivity index (χ0) is 25.7. The highest BCUT2D eigenvalue weighted by Crippen LogP contribution is 2.60. The van der Waals surface area contributed by atoms with Gasteiger partial charge in [0.05, 0.1) is 35.8 Å². The Morgan fingerprint density at radius 3 is 2.77 bits per heavy atom. The molecular weight excluding hydrogens is 473 g/mol. The molecule has 0 aliphatic carbocycles. The first-order chi connectivity index (χ1) is 16.5. The number of amides is 2. The highest BCUT2D eigenvalue weighted by molar-refractivity contribution is 6.72. The van der Waals surface area contributed by atoms with Gasteiger partial charge in [-0.3, -0.25) is 19.7 Å². The first kappa shape index (κ1) is 25.5. The number of halogens is 1. The van der Waals surface area contributed by atoms with E-state index in [9.17, 15) is 24.8 Å². The lowest BCUT2D eigenvalue weighted by molar-refractivity contribution is -0.385. The van der Waals surface area contributed by atoms with Crippen molar-refractivity contribution in [3.63, 3.8) is 0 Å². The molecule has 3 aliphatic rings. The van der Waals surface area contributed by atoms with Crippen LogP contribution < -0.4 is 4.90 Å². The van der Waals surface area contributed by atoms with E-state index in [0.29, 0.717) is 24.2 Å². The highest BCUT2D eigenvalue weighted by Gasteiger charge is 2.67. The summed E-state index contributed by atoms with van der Waals surface area (Å²) in [5.41, 5.74) is -1.71. The number of aliphatic hydroxyl groups is 1. The molecule has 1 N–H and O–H groups in total. The van der Waals surface area contributed by atoms with Gasteiger partial charge in [-0.05, 0) is 32.0 Å². The van der Waals surface area contributed by atoms with Crippen molar-refractivity contribution in [2.75, 3.05) is 24.6 Å². The largest absolute Gasteiger partial charge is 0.394 e. The van der Waals surface area contributed by atoms with Crippen LogP contribution in [0.5, 0.6) is 0 Å². The van der Waals surface area contributed by atoms with E-state index in [0.717, 1.165) is 6.42 Å². The van der Waals surface area contributed by atoms with Crippen LogP contribution in [-0.4, -0.2) is 67.0 Å². The van der Waals surface area contributed by atoms with Crippen molar-refractivity contribution < 1.29 is 28.5 Å². The predicted molar refractivity (Wildman–Crippen MR) is 130 cm³/mol. The van der Waals surface area contributed by atoms with Crippen LogP contribution in [0.2, 0.25) is 18.6 Å². The average molecular weight is 506 g/mol. The molecule has 1 aromatic rings. The molecule has 2 amide bonds. The zero-order valence-electron chi connectivity index (χ0n) is 20.3. The molecule has 35 heavy (non-hydrogen) atoms. The Bertz CT molecular complexity index is 1060. The van der Waals surface area contributed by atoms with Crippen LogP contribution in [0.15, 0.2) is 30.9 Å². The second kappa shape index (κ2) is 9.10. The summed E-state index contributed by atoms with van der Waals surface area (Å²) in [6.45, 7) is 9.07. The van der Waals surface area contributed by atoms with Crippen molar-refractivity contribution in [3.05, 3.63) is 46.5 Å². The first-order valence-corrected chi connectivity index (χ1v) is 14.9. The minimum Gasteiger partial charge on any atom is -0.394 e. The molecule has 4 rings (SSSR count). The van der Waals surface area contributed by atoms with Gasteiger partial charge in [0.1, 0.15) is 0 Å². The number of ether oxygens (including phenoxy) is 1. The van der Waals surface area contributed by atoms with Crippen molar-refractivity contribution in [2.45, 2.75) is 62.6 Å². The van der Waals surface area contributed by atoms with Gasteiger partial charge in [-0.1, -0.05) is 13.0 Å². The maximum absolute atomic E-state index is 15.8. The van der Waals surface area contributed by atoms with Gasteiger partial charge in [0.25, 0.3) is 11.6 Å². The number of benzene rings is 1. The van der Waals surface area contributed by atoms with E-state index in [2.05, 4.69) is 6.58 Å². The second-order valence-electron chi connectivity index (χ2n) is 10.2. The van der Waals surface area contributed by atoms with Crippen LogP contribution in [0.25, 0.3) is 0 Å². The Kier molecular flexibility index (Phi) is 6.62. The molecule has 3 aliphatic heterocycles. The van der Waals surface area contributed by atoms with Gasteiger partial charge in [0, 0.05) is 42.2 Å². The molecule has 9 nitrogen and oxygen atoms in total. The standard InChI is InChI=1S/C24H32FN3O6Si/c1-5-10-27-19-9-8-16(28(32)33)12-18(19)24(23(27)31)15(2)22(35(3,4)25)20(34-24)13-21(30)26-11-6-7-17(26)14-29/h5,8-9,12,15,17,20,22,29H,1,6-7,10-11,13-14H2,2-4H3/t15-,17-,20+,22-,24+/m0/s1. The number of carbonyl (C=O) groups excluding carboxylic acids is 2. The molecule has 0 bridgehead atoms. The zero-order valence-corrected chi connectivity index (χ0v) is 21.3. The summed E-state index contributed by atoms with van der Waals surface area (Å²) in [6, 6.07) is 3.91. The fraction of sp³-hybridized carbons (Fsp3) is 0.583. The number of anilines is 1. The van der Waals surface area contributed by atoms with E-state index in [-0.39, 0.29) is 37.2 Å². The summed E-state index contributed by atoms with van der Waals surface area (Å²) in [7, 11) is -3.47. The minimum atomic E-state index is -3.47. The molecule has 2 fully saturated rings. The molecule has 0 saturated carbocycles. The second-order valence-corrected chi connectivity index (χ2v) is 14.0. The average Bonchev–Trinajstić information content (AvgIpc) is 3.44. The molecule has 5 atom stereocenters. The van der Waals surface area contributed by atoms with E-state index >= 15 is 4.11 Å². The first-order valence-electron chi connectivity index (χ1n) is 12.0. The molecule has 190 valence electrons. The van der Waals surface area contributed by atoms with Crippen LogP contribution in [0.4, 0.5) is 15.5 Å². The number of nitro groups is 1. The van der Waals surface area contributed by atoms with Crippen molar-refractivity contribution in [2.24, 2.45) is 5.92 Å². The monoisotopic (exact) mass is 505 g/mol. The number of rotatable bonds is 7. The SMILES string of the molecule is C=CCN1C(=O)[C@]2(O[C@H](CC(=O)N3CCC[C@H]3CO)[C@@H]([Si](C)(C)F)[C@@H]2C)c2cc([N+](=O)[O-])ccc21. The van der Waals surface area contributed by atoms with Crippen LogP contribution >= 0.6 is 0 Å². The number of nitro benzene ring substituents is 1. The van der Waals surface area contributed by atoms with Gasteiger partial charge >= 0.3 is 0 Å². The summed E-state index contributed by atoms with van der Waals surface area (Å²) >= 11 is 0. The quantitative estimate of drug-likeness (QED) is 0.200. The number of nitrogens with zero attached hydrogens (tertiary/aromatic N) is 3. The van der Waals surface area contributed by atoms with E-state index < -0.39 is 42.4 Å². The maximum atomic E-state index is 15.8. The van der Waals surface area contributed by atoms with Gasteiger partial charge < -0.3 is 23.8 Å². The number of carbonyl (C=O) groups is 2. The van der Waals surface area contributed by atoms with Crippen molar-refractivity contribution >= 4 is 31.6 Å². The normalized spacial score (nSPS) is 30.3. The Hall–Kier alpha value is -2.63. The van der Waals surface area contributed by atoms with Gasteiger partial charge in [-0.2, -0.15) is 0 Å². The Balaban J connectivity index is 1.78. The number of non-ortho nitro benzene ring substituents is 1. The topological polar surface area (TPSA) is 113 Å². The van der Waals surface area contributed by atoms with Crippen LogP contribution in [0, 0.1) is 16.0 Å². The summed E-state index contributed by atoms with van der Waals surface area (Å²) in [4.78, 5) is 41.2. The summed E-state index contributed by atoms with van der Waals surface area (Å²) in [5.74, 6) is -1.32. The molecule has 1 spiro atoms. The van der Waals surface area contributed by atoms with Crippen molar-refractivity contribution in [3.8, 4) is 0 Å². The maximum Gasteiger partial charge on any atom is 0.269 e. The summed E-state index contributed by atoms with van der Waals surface area (Å²) < 4.78 is 22.2. The lowest BCUT2D eigenvalue weighted by atomic mass is 9.82. The predicted octanol–water partition coefficient (Wildman–Crippen LogP) is 3.28. The number of likely N-dealkylation sites (tertiary alicyclic amines) is 1. The minimum absolute atomic E-state index is 0.118. The van der Waals surface area contributed by atoms with Gasteiger partial charge in [-0.25, -0.2) is 0 Å². The molecule has 11 heteroatoms. The highest BCUT2D eigenvalue weighted by atomic mass is 28.4. The molecule has 3 heterocycles. The molecular formula is C24H32FN3O6Si. The lowest BCUT2D eigenvalue weighted by Crippen LogP contribution is -2.45. The van der Waals surface area contributed by atoms with E-state index in [1.807, 2.05) is 0 Å². The molecule has 0 aromatic heterocycles. The van der Waals surface area contributed by atoms with Crippen molar-refractivity contribution in [1.29, 1.82) is 0 Å². The molecule has 2 saturated heterocycles. The summed E-state index contributed by atoms with van der Waals surface area (Å²) in [6.07, 6.45) is 2.04. The summed E-state index contributed by atoms with van der Waals surface area (Å²) in [5, 5.41) is 21.2. The smallest absolute Gasteiger partial charge is 0.269 e. The Morgan fingerprint density at radius 1 is 1.46 bits per heavy atom. The Labute approximate surface area is 204 Å². The molecule has 1 aromatic carbocycles. The number of hydrogen-bond donors (Lipinski definition) is 1. The lowest BCUT2D eigenvalue weighted by Gasteiger charge is -2.31. The third-order valence-electron chi connectivity index (χ3n) is 7.75. The fourth-order valence-electron chi connectivity index (χ4n) is 6.30. The van der Waals surface area contributed by atoms with Crippen molar-refractivity contribution in [1.82, 2.24) is 4.90 Å². The third kappa shape index (κ3) is 3.99. The van der Waals surface area contributed by atoms with Crippen LogP contribution in [-0.2, 0) is 19.9 Å². The molecule has 0 radical (unpaired) electrons.